The van der Waals surface area contributed by atoms with Crippen LogP contribution in [0.15, 0.2) is 28.0 Å². The van der Waals surface area contributed by atoms with Gasteiger partial charge in [-0.3, -0.25) is 4.79 Å². The lowest BCUT2D eigenvalue weighted by atomic mass is 10.1. The molecule has 2 rings (SSSR count). The highest BCUT2D eigenvalue weighted by molar-refractivity contribution is 7.98. The molecule has 1 aliphatic heterocycles. The van der Waals surface area contributed by atoms with Crippen molar-refractivity contribution in [3.05, 3.63) is 23.8 Å². The van der Waals surface area contributed by atoms with Crippen LogP contribution in [0, 0.1) is 5.92 Å². The van der Waals surface area contributed by atoms with Crippen LogP contribution in [-0.2, 0) is 10.0 Å². The standard InChI is InChI=1S/C19H30N2O3S2/c1-14(2)15(3)20-26(23,24)16-9-10-18(25-4)17(13-16)19(22)21-11-7-5-6-8-12-21/h9-10,13-15,20H,5-8,11-12H2,1-4H3. The molecule has 146 valence electrons. The maximum atomic E-state index is 13.0. The Morgan fingerprint density at radius 3 is 2.27 bits per heavy atom. The molecule has 7 heteroatoms. The van der Waals surface area contributed by atoms with Crippen molar-refractivity contribution in [3.63, 3.8) is 0 Å². The average Bonchev–Trinajstić information content (AvgIpc) is 2.89. The summed E-state index contributed by atoms with van der Waals surface area (Å²) in [5.74, 6) is 0.124. The molecule has 5 nitrogen and oxygen atoms in total. The number of nitrogens with one attached hydrogen (secondary N) is 1. The van der Waals surface area contributed by atoms with E-state index < -0.39 is 10.0 Å². The van der Waals surface area contributed by atoms with Crippen LogP contribution in [0.1, 0.15) is 56.8 Å². The highest BCUT2D eigenvalue weighted by atomic mass is 32.2. The van der Waals surface area contributed by atoms with Crippen LogP contribution in [0.2, 0.25) is 0 Å². The maximum absolute atomic E-state index is 13.0. The summed E-state index contributed by atoms with van der Waals surface area (Å²) in [6, 6.07) is 4.68. The van der Waals surface area contributed by atoms with E-state index >= 15 is 0 Å². The summed E-state index contributed by atoms with van der Waals surface area (Å²) < 4.78 is 28.1. The van der Waals surface area contributed by atoms with E-state index in [0.29, 0.717) is 5.56 Å². The van der Waals surface area contributed by atoms with Gasteiger partial charge in [-0.15, -0.1) is 11.8 Å². The van der Waals surface area contributed by atoms with Gasteiger partial charge in [0.1, 0.15) is 0 Å². The van der Waals surface area contributed by atoms with Crippen molar-refractivity contribution < 1.29 is 13.2 Å². The fourth-order valence-electron chi connectivity index (χ4n) is 2.91. The monoisotopic (exact) mass is 398 g/mol. The summed E-state index contributed by atoms with van der Waals surface area (Å²) in [6.07, 6.45) is 6.20. The van der Waals surface area contributed by atoms with Gasteiger partial charge in [-0.2, -0.15) is 0 Å². The van der Waals surface area contributed by atoms with Crippen molar-refractivity contribution in [3.8, 4) is 0 Å². The maximum Gasteiger partial charge on any atom is 0.255 e. The van der Waals surface area contributed by atoms with Gasteiger partial charge in [0.25, 0.3) is 5.91 Å². The Morgan fingerprint density at radius 2 is 1.73 bits per heavy atom. The number of nitrogens with zero attached hydrogens (tertiary/aromatic N) is 1. The van der Waals surface area contributed by atoms with E-state index in [0.717, 1.165) is 43.7 Å². The van der Waals surface area contributed by atoms with E-state index in [2.05, 4.69) is 4.72 Å². The van der Waals surface area contributed by atoms with Crippen molar-refractivity contribution in [2.24, 2.45) is 5.92 Å². The molecule has 26 heavy (non-hydrogen) atoms. The Morgan fingerprint density at radius 1 is 1.12 bits per heavy atom. The van der Waals surface area contributed by atoms with Crippen molar-refractivity contribution in [2.75, 3.05) is 19.3 Å². The SMILES string of the molecule is CSc1ccc(S(=O)(=O)NC(C)C(C)C)cc1C(=O)N1CCCCCC1. The zero-order valence-corrected chi connectivity index (χ0v) is 17.8. The molecule has 1 fully saturated rings. The zero-order chi connectivity index (χ0) is 19.3. The third-order valence-electron chi connectivity index (χ3n) is 4.95. The lowest BCUT2D eigenvalue weighted by Crippen LogP contribution is -2.36. The van der Waals surface area contributed by atoms with Gasteiger partial charge in [-0.1, -0.05) is 26.7 Å². The van der Waals surface area contributed by atoms with E-state index in [4.69, 9.17) is 0 Å². The van der Waals surface area contributed by atoms with Crippen molar-refractivity contribution >= 4 is 27.7 Å². The minimum atomic E-state index is -3.65. The topological polar surface area (TPSA) is 66.5 Å². The Kier molecular flexibility index (Phi) is 7.55. The molecule has 1 unspecified atom stereocenters. The molecular weight excluding hydrogens is 368 g/mol. The molecule has 1 N–H and O–H groups in total. The smallest absolute Gasteiger partial charge is 0.255 e. The van der Waals surface area contributed by atoms with Gasteiger partial charge in [0.15, 0.2) is 0 Å². The summed E-state index contributed by atoms with van der Waals surface area (Å²) >= 11 is 1.47. The fourth-order valence-corrected chi connectivity index (χ4v) is 4.90. The van der Waals surface area contributed by atoms with Crippen LogP contribution in [0.25, 0.3) is 0 Å². The first-order valence-corrected chi connectivity index (χ1v) is 12.0. The molecule has 0 bridgehead atoms. The quantitative estimate of drug-likeness (QED) is 0.741. The molecule has 1 aromatic carbocycles. The minimum Gasteiger partial charge on any atom is -0.339 e. The van der Waals surface area contributed by atoms with Crippen LogP contribution in [0.3, 0.4) is 0 Å². The molecule has 1 atom stereocenters. The average molecular weight is 399 g/mol. The summed E-state index contributed by atoms with van der Waals surface area (Å²) in [6.45, 7) is 7.27. The highest BCUT2D eigenvalue weighted by Crippen LogP contribution is 2.26. The van der Waals surface area contributed by atoms with Gasteiger partial charge in [-0.05, 0) is 50.1 Å². The molecule has 1 aliphatic rings. The third-order valence-corrected chi connectivity index (χ3v) is 7.30. The number of rotatable bonds is 6. The molecule has 1 heterocycles. The van der Waals surface area contributed by atoms with E-state index in [1.54, 1.807) is 12.1 Å². The second kappa shape index (κ2) is 9.24. The summed E-state index contributed by atoms with van der Waals surface area (Å²) in [5, 5.41) is 0. The minimum absolute atomic E-state index is 0.0646. The number of benzene rings is 1. The molecular formula is C19H30N2O3S2. The first-order chi connectivity index (χ1) is 12.3. The predicted molar refractivity (Wildman–Crippen MR) is 107 cm³/mol. The number of carbonyl (C=O) groups excluding carboxylic acids is 1. The Bertz CT molecular complexity index is 724. The molecule has 0 saturated carbocycles. The van der Waals surface area contributed by atoms with Crippen molar-refractivity contribution in [1.82, 2.24) is 9.62 Å². The number of carbonyl (C=O) groups is 1. The number of hydrogen-bond acceptors (Lipinski definition) is 4. The van der Waals surface area contributed by atoms with E-state index in [1.165, 1.54) is 17.8 Å². The number of sulfonamides is 1. The zero-order valence-electron chi connectivity index (χ0n) is 16.1. The number of hydrogen-bond donors (Lipinski definition) is 1. The molecule has 0 spiro atoms. The van der Waals surface area contributed by atoms with Crippen LogP contribution in [0.4, 0.5) is 0 Å². The second-order valence-electron chi connectivity index (χ2n) is 7.22. The first kappa shape index (κ1) is 21.3. The Balaban J connectivity index is 2.34. The number of amides is 1. The van der Waals surface area contributed by atoms with Gasteiger partial charge in [0.05, 0.1) is 10.5 Å². The van der Waals surface area contributed by atoms with Crippen LogP contribution >= 0.6 is 11.8 Å². The van der Waals surface area contributed by atoms with Gasteiger partial charge in [0.2, 0.25) is 10.0 Å². The fraction of sp³-hybridized carbons (Fsp3) is 0.632. The first-order valence-electron chi connectivity index (χ1n) is 9.26. The third kappa shape index (κ3) is 5.24. The van der Waals surface area contributed by atoms with Crippen LogP contribution < -0.4 is 4.72 Å². The largest absolute Gasteiger partial charge is 0.339 e. The van der Waals surface area contributed by atoms with Crippen molar-refractivity contribution in [2.45, 2.75) is 62.3 Å². The molecule has 0 aliphatic carbocycles. The van der Waals surface area contributed by atoms with E-state index in [1.807, 2.05) is 31.9 Å². The lowest BCUT2D eigenvalue weighted by Gasteiger charge is -2.22. The molecule has 0 radical (unpaired) electrons. The normalized spacial score (nSPS) is 17.2. The van der Waals surface area contributed by atoms with E-state index in [9.17, 15) is 13.2 Å². The highest BCUT2D eigenvalue weighted by Gasteiger charge is 2.24. The summed E-state index contributed by atoms with van der Waals surface area (Å²) in [7, 11) is -3.65. The van der Waals surface area contributed by atoms with Crippen LogP contribution in [-0.4, -0.2) is 44.6 Å². The number of thioether (sulfide) groups is 1. The van der Waals surface area contributed by atoms with Gasteiger partial charge >= 0.3 is 0 Å². The van der Waals surface area contributed by atoms with E-state index in [-0.39, 0.29) is 22.8 Å². The Labute approximate surface area is 162 Å². The van der Waals surface area contributed by atoms with Crippen LogP contribution in [0.5, 0.6) is 0 Å². The Hall–Kier alpha value is -1.05. The molecule has 1 aromatic rings. The molecule has 1 amide bonds. The van der Waals surface area contributed by atoms with Gasteiger partial charge in [-0.25, -0.2) is 13.1 Å². The predicted octanol–water partition coefficient (Wildman–Crippen LogP) is 3.75. The molecule has 0 aromatic heterocycles. The summed E-state index contributed by atoms with van der Waals surface area (Å²) in [4.78, 5) is 15.9. The lowest BCUT2D eigenvalue weighted by molar-refractivity contribution is 0.0758. The van der Waals surface area contributed by atoms with Crippen molar-refractivity contribution in [1.29, 1.82) is 0 Å². The van der Waals surface area contributed by atoms with Gasteiger partial charge < -0.3 is 4.90 Å². The molecule has 1 saturated heterocycles. The summed E-state index contributed by atoms with van der Waals surface area (Å²) in [5.41, 5.74) is 0.486. The number of likely N-dealkylation sites (tertiary alicyclic amines) is 1. The second-order valence-corrected chi connectivity index (χ2v) is 9.78. The van der Waals surface area contributed by atoms with Gasteiger partial charge in [0, 0.05) is 24.0 Å².